The van der Waals surface area contributed by atoms with E-state index < -0.39 is 0 Å². The second kappa shape index (κ2) is 4.89. The third-order valence-electron chi connectivity index (χ3n) is 3.53. The molecule has 3 rings (SSSR count). The van der Waals surface area contributed by atoms with E-state index >= 15 is 0 Å². The largest absolute Gasteiger partial charge is 0.393 e. The van der Waals surface area contributed by atoms with Gasteiger partial charge >= 0.3 is 0 Å². The summed E-state index contributed by atoms with van der Waals surface area (Å²) in [4.78, 5) is 4.29. The number of rotatable bonds is 3. The zero-order chi connectivity index (χ0) is 12.4. The van der Waals surface area contributed by atoms with Crippen molar-refractivity contribution in [2.45, 2.75) is 31.8 Å². The van der Waals surface area contributed by atoms with E-state index in [9.17, 15) is 5.11 Å². The van der Waals surface area contributed by atoms with Gasteiger partial charge in [-0.1, -0.05) is 6.42 Å². The first-order valence-electron chi connectivity index (χ1n) is 6.39. The number of aromatic nitrogens is 4. The van der Waals surface area contributed by atoms with Gasteiger partial charge < -0.3 is 10.4 Å². The number of hydrogen-bond acceptors (Lipinski definition) is 5. The molecule has 0 spiro atoms. The van der Waals surface area contributed by atoms with Crippen molar-refractivity contribution < 1.29 is 5.11 Å². The Morgan fingerprint density at radius 1 is 1.44 bits per heavy atom. The Morgan fingerprint density at radius 2 is 2.39 bits per heavy atom. The molecule has 96 valence electrons. The van der Waals surface area contributed by atoms with Crippen molar-refractivity contribution in [1.29, 1.82) is 0 Å². The second-order valence-electron chi connectivity index (χ2n) is 4.91. The monoisotopic (exact) mass is 247 g/mol. The maximum absolute atomic E-state index is 9.65. The van der Waals surface area contributed by atoms with Gasteiger partial charge in [0.1, 0.15) is 6.33 Å². The molecule has 6 heteroatoms. The lowest BCUT2D eigenvalue weighted by molar-refractivity contribution is 0.104. The van der Waals surface area contributed by atoms with Crippen molar-refractivity contribution in [3.63, 3.8) is 0 Å². The summed E-state index contributed by atoms with van der Waals surface area (Å²) in [5, 5.41) is 20.9. The number of fused-ring (bicyclic) bond motifs is 1. The molecule has 2 N–H and O–H groups in total. The number of hydrogen-bond donors (Lipinski definition) is 2. The predicted octanol–water partition coefficient (Wildman–Crippen LogP) is 1.09. The highest BCUT2D eigenvalue weighted by Crippen LogP contribution is 2.24. The van der Waals surface area contributed by atoms with Crippen LogP contribution in [-0.4, -0.2) is 37.3 Å². The Kier molecular flexibility index (Phi) is 3.10. The van der Waals surface area contributed by atoms with Crippen molar-refractivity contribution in [2.24, 2.45) is 5.92 Å². The molecule has 0 amide bonds. The van der Waals surface area contributed by atoms with E-state index in [1.54, 1.807) is 12.5 Å². The van der Waals surface area contributed by atoms with Crippen molar-refractivity contribution >= 4 is 11.5 Å². The van der Waals surface area contributed by atoms with Gasteiger partial charge in [-0.2, -0.15) is 0 Å². The Labute approximate surface area is 105 Å². The molecular weight excluding hydrogens is 230 g/mol. The molecule has 0 saturated heterocycles. The zero-order valence-electron chi connectivity index (χ0n) is 10.2. The Balaban J connectivity index is 1.67. The fourth-order valence-electron chi connectivity index (χ4n) is 2.57. The lowest BCUT2D eigenvalue weighted by Gasteiger charge is -2.26. The summed E-state index contributed by atoms with van der Waals surface area (Å²) in [7, 11) is 0. The zero-order valence-corrected chi connectivity index (χ0v) is 10.2. The number of nitrogens with zero attached hydrogens (tertiary/aromatic N) is 4. The van der Waals surface area contributed by atoms with Crippen LogP contribution in [0.15, 0.2) is 18.7 Å². The topological polar surface area (TPSA) is 75.3 Å². The summed E-state index contributed by atoms with van der Waals surface area (Å²) in [6, 6.07) is 0. The van der Waals surface area contributed by atoms with Crippen LogP contribution in [0, 0.1) is 5.92 Å². The lowest BCUT2D eigenvalue weighted by Crippen LogP contribution is -2.25. The molecule has 6 nitrogen and oxygen atoms in total. The van der Waals surface area contributed by atoms with E-state index in [0.717, 1.165) is 37.3 Å². The molecule has 0 aromatic carbocycles. The molecule has 2 unspecified atom stereocenters. The molecule has 1 fully saturated rings. The average molecular weight is 247 g/mol. The summed E-state index contributed by atoms with van der Waals surface area (Å²) < 4.78 is 1.84. The van der Waals surface area contributed by atoms with E-state index in [-0.39, 0.29) is 6.10 Å². The van der Waals surface area contributed by atoms with Crippen LogP contribution in [0.1, 0.15) is 25.7 Å². The molecular formula is C12H17N5O. The fourth-order valence-corrected chi connectivity index (χ4v) is 2.57. The molecule has 1 aliphatic rings. The summed E-state index contributed by atoms with van der Waals surface area (Å²) in [6.45, 7) is 0.830. The van der Waals surface area contributed by atoms with Crippen molar-refractivity contribution in [3.8, 4) is 0 Å². The molecule has 2 aromatic heterocycles. The van der Waals surface area contributed by atoms with Gasteiger partial charge in [0, 0.05) is 18.9 Å². The lowest BCUT2D eigenvalue weighted by atomic mass is 9.87. The van der Waals surface area contributed by atoms with Crippen LogP contribution in [0.2, 0.25) is 0 Å². The minimum absolute atomic E-state index is 0.137. The van der Waals surface area contributed by atoms with E-state index in [2.05, 4.69) is 20.5 Å². The first kappa shape index (κ1) is 11.4. The predicted molar refractivity (Wildman–Crippen MR) is 67.2 cm³/mol. The number of nitrogens with one attached hydrogen (secondary N) is 1. The van der Waals surface area contributed by atoms with Gasteiger partial charge in [-0.25, -0.2) is 4.98 Å². The average Bonchev–Trinajstić information content (AvgIpc) is 2.85. The van der Waals surface area contributed by atoms with Crippen molar-refractivity contribution in [2.75, 3.05) is 11.9 Å². The molecule has 18 heavy (non-hydrogen) atoms. The van der Waals surface area contributed by atoms with E-state index in [1.807, 2.05) is 10.6 Å². The van der Waals surface area contributed by atoms with Crippen molar-refractivity contribution in [1.82, 2.24) is 19.6 Å². The first-order valence-corrected chi connectivity index (χ1v) is 6.39. The highest BCUT2D eigenvalue weighted by atomic mass is 16.3. The Hall–Kier alpha value is -1.69. The van der Waals surface area contributed by atoms with Crippen LogP contribution in [0.5, 0.6) is 0 Å². The van der Waals surface area contributed by atoms with E-state index in [1.165, 1.54) is 6.42 Å². The third kappa shape index (κ3) is 2.28. The first-order chi connectivity index (χ1) is 8.83. The number of aliphatic hydroxyl groups excluding tert-OH is 1. The van der Waals surface area contributed by atoms with Crippen molar-refractivity contribution in [3.05, 3.63) is 18.7 Å². The summed E-state index contributed by atoms with van der Waals surface area (Å²) >= 11 is 0. The maximum Gasteiger partial charge on any atom is 0.203 e. The van der Waals surface area contributed by atoms with Gasteiger partial charge in [0.05, 0.1) is 6.10 Å². The number of anilines is 1. The molecule has 2 aromatic rings. The molecule has 0 bridgehead atoms. The summed E-state index contributed by atoms with van der Waals surface area (Å²) in [6.07, 6.45) is 9.17. The van der Waals surface area contributed by atoms with Crippen LogP contribution in [-0.2, 0) is 0 Å². The van der Waals surface area contributed by atoms with Crippen LogP contribution in [0.4, 0.5) is 5.82 Å². The van der Waals surface area contributed by atoms with E-state index in [4.69, 9.17) is 0 Å². The van der Waals surface area contributed by atoms with Gasteiger partial charge in [0.2, 0.25) is 5.65 Å². The molecule has 0 radical (unpaired) electrons. The molecule has 0 aliphatic heterocycles. The van der Waals surface area contributed by atoms with Crippen LogP contribution in [0.25, 0.3) is 5.65 Å². The molecule has 2 heterocycles. The van der Waals surface area contributed by atoms with Gasteiger partial charge in [0.25, 0.3) is 0 Å². The van der Waals surface area contributed by atoms with E-state index in [0.29, 0.717) is 5.92 Å². The molecule has 1 aliphatic carbocycles. The quantitative estimate of drug-likeness (QED) is 0.849. The smallest absolute Gasteiger partial charge is 0.203 e. The fraction of sp³-hybridized carbons (Fsp3) is 0.583. The van der Waals surface area contributed by atoms with Crippen LogP contribution < -0.4 is 5.32 Å². The molecule has 1 saturated carbocycles. The van der Waals surface area contributed by atoms with Crippen LogP contribution >= 0.6 is 0 Å². The Morgan fingerprint density at radius 3 is 3.28 bits per heavy atom. The second-order valence-corrected chi connectivity index (χ2v) is 4.91. The standard InChI is InChI=1S/C12H17N5O/c18-10-3-1-2-9(6-10)7-14-11-12-16-15-8-17(12)5-4-13-11/h4-5,8-10,18H,1-3,6-7H2,(H,13,14). The highest BCUT2D eigenvalue weighted by Gasteiger charge is 2.20. The minimum atomic E-state index is -0.137. The highest BCUT2D eigenvalue weighted by molar-refractivity contribution is 5.61. The van der Waals surface area contributed by atoms with Gasteiger partial charge in [0.15, 0.2) is 5.82 Å². The Bertz CT molecular complexity index is 526. The third-order valence-corrected chi connectivity index (χ3v) is 3.53. The molecule has 2 atom stereocenters. The summed E-state index contributed by atoms with van der Waals surface area (Å²) in [5.41, 5.74) is 0.744. The summed E-state index contributed by atoms with van der Waals surface area (Å²) in [5.74, 6) is 1.27. The SMILES string of the molecule is OC1CCCC(CNc2nccn3cnnc23)C1. The van der Waals surface area contributed by atoms with Gasteiger partial charge in [-0.05, 0) is 25.2 Å². The normalized spacial score (nSPS) is 24.3. The maximum atomic E-state index is 9.65. The van der Waals surface area contributed by atoms with Gasteiger partial charge in [-0.3, -0.25) is 4.40 Å². The number of aliphatic hydroxyl groups is 1. The minimum Gasteiger partial charge on any atom is -0.393 e. The van der Waals surface area contributed by atoms with Gasteiger partial charge in [-0.15, -0.1) is 10.2 Å². The van der Waals surface area contributed by atoms with Crippen LogP contribution in [0.3, 0.4) is 0 Å².